The Balaban J connectivity index is 1.78. The van der Waals surface area contributed by atoms with Crippen LogP contribution < -0.4 is 0 Å². The highest BCUT2D eigenvalue weighted by atomic mass is 35.5. The zero-order valence-electron chi connectivity index (χ0n) is 16.7. The quantitative estimate of drug-likeness (QED) is 0.401. The van der Waals surface area contributed by atoms with Gasteiger partial charge in [0.1, 0.15) is 6.10 Å². The smallest absolute Gasteiger partial charge is 0.290 e. The molecule has 0 N–H and O–H groups in total. The van der Waals surface area contributed by atoms with E-state index in [1.807, 2.05) is 6.92 Å². The molecule has 0 aromatic heterocycles. The number of amides is 1. The maximum atomic E-state index is 13.5. The molecule has 1 aliphatic carbocycles. The van der Waals surface area contributed by atoms with Gasteiger partial charge < -0.3 is 14.4 Å². The molecule has 1 fully saturated rings. The predicted octanol–water partition coefficient (Wildman–Crippen LogP) is 3.00. The first-order chi connectivity index (χ1) is 14.3. The van der Waals surface area contributed by atoms with Crippen LogP contribution in [-0.4, -0.2) is 53.3 Å². The minimum Gasteiger partial charge on any atom is -0.483 e. The average molecular weight is 435 g/mol. The lowest BCUT2D eigenvalue weighted by molar-refractivity contribution is -0.384. The summed E-state index contributed by atoms with van der Waals surface area (Å²) in [4.78, 5) is 39.0. The number of hydrogen-bond donors (Lipinski definition) is 0. The number of nitro benzene ring substituents is 1. The van der Waals surface area contributed by atoms with E-state index in [9.17, 15) is 19.7 Å². The van der Waals surface area contributed by atoms with Crippen molar-refractivity contribution >= 4 is 29.0 Å². The van der Waals surface area contributed by atoms with Crippen molar-refractivity contribution in [3.63, 3.8) is 0 Å². The van der Waals surface area contributed by atoms with Crippen LogP contribution in [0.15, 0.2) is 35.6 Å². The Bertz CT molecular complexity index is 932. The Hall–Kier alpha value is -2.45. The number of Topliss-reactive ketones (excluding diaryl/α,β-unsaturated/α-hetero) is 1. The van der Waals surface area contributed by atoms with E-state index in [0.29, 0.717) is 18.4 Å². The van der Waals surface area contributed by atoms with Gasteiger partial charge in [0.25, 0.3) is 11.6 Å². The largest absolute Gasteiger partial charge is 0.483 e. The Morgan fingerprint density at radius 2 is 2.10 bits per heavy atom. The molecule has 0 radical (unpaired) electrons. The summed E-state index contributed by atoms with van der Waals surface area (Å²) in [6.07, 6.45) is 0.712. The van der Waals surface area contributed by atoms with Gasteiger partial charge in [-0.05, 0) is 24.3 Å². The normalized spacial score (nSPS) is 30.8. The highest BCUT2D eigenvalue weighted by molar-refractivity contribution is 6.21. The van der Waals surface area contributed by atoms with E-state index < -0.39 is 16.9 Å². The summed E-state index contributed by atoms with van der Waals surface area (Å²) in [6, 6.07) is 5.28. The van der Waals surface area contributed by atoms with E-state index in [-0.39, 0.29) is 59.3 Å². The van der Waals surface area contributed by atoms with Crippen LogP contribution in [0.3, 0.4) is 0 Å². The lowest BCUT2D eigenvalue weighted by Crippen LogP contribution is -2.44. The zero-order valence-corrected chi connectivity index (χ0v) is 17.5. The molecular formula is C21H23ClN2O6. The third-order valence-corrected chi connectivity index (χ3v) is 6.85. The molecular weight excluding hydrogens is 412 g/mol. The zero-order chi connectivity index (χ0) is 21.6. The number of alkyl halides is 1. The van der Waals surface area contributed by atoms with Crippen LogP contribution in [-0.2, 0) is 19.1 Å². The number of nitrogens with zero attached hydrogens (tertiary/aromatic N) is 2. The highest BCUT2D eigenvalue weighted by Gasteiger charge is 2.53. The van der Waals surface area contributed by atoms with Gasteiger partial charge in [0.15, 0.2) is 11.5 Å². The number of carbonyl (C=O) groups is 2. The molecule has 9 heteroatoms. The summed E-state index contributed by atoms with van der Waals surface area (Å²) in [5.41, 5.74) is 0.673. The van der Waals surface area contributed by atoms with E-state index in [0.717, 1.165) is 0 Å². The van der Waals surface area contributed by atoms with Crippen LogP contribution in [0.2, 0.25) is 0 Å². The van der Waals surface area contributed by atoms with Crippen molar-refractivity contribution in [1.82, 2.24) is 4.90 Å². The summed E-state index contributed by atoms with van der Waals surface area (Å²) >= 11 is 6.44. The minimum atomic E-state index is -0.746. The van der Waals surface area contributed by atoms with Crippen molar-refractivity contribution in [1.29, 1.82) is 0 Å². The highest BCUT2D eigenvalue weighted by Crippen LogP contribution is 2.48. The van der Waals surface area contributed by atoms with Gasteiger partial charge in [-0.25, -0.2) is 0 Å². The summed E-state index contributed by atoms with van der Waals surface area (Å²) in [6.45, 7) is 2.51. The predicted molar refractivity (Wildman–Crippen MR) is 108 cm³/mol. The standard InChI is InChI=1S/C21H23ClN2O6/c1-11-8-16-14(10-15(11)22)19(25)17-18(12-4-3-5-13(9-12)24(27)28)23(6-7-29-2)21(26)20(17)30-16/h3-5,9,11,14-16,18H,6-8,10H2,1-2H3. The maximum absolute atomic E-state index is 13.5. The number of non-ortho nitro benzene ring substituents is 1. The summed E-state index contributed by atoms with van der Waals surface area (Å²) in [7, 11) is 1.52. The van der Waals surface area contributed by atoms with Crippen molar-refractivity contribution in [2.75, 3.05) is 20.3 Å². The average Bonchev–Trinajstić information content (AvgIpc) is 3.00. The van der Waals surface area contributed by atoms with E-state index in [4.69, 9.17) is 21.1 Å². The van der Waals surface area contributed by atoms with E-state index in [1.54, 1.807) is 12.1 Å². The lowest BCUT2D eigenvalue weighted by Gasteiger charge is -2.39. The number of methoxy groups -OCH3 is 1. The van der Waals surface area contributed by atoms with Gasteiger partial charge in [-0.15, -0.1) is 11.6 Å². The number of fused-ring (bicyclic) bond motifs is 1. The van der Waals surface area contributed by atoms with Gasteiger partial charge in [-0.2, -0.15) is 0 Å². The van der Waals surface area contributed by atoms with Crippen molar-refractivity contribution in [2.24, 2.45) is 11.8 Å². The lowest BCUT2D eigenvalue weighted by atomic mass is 9.74. The van der Waals surface area contributed by atoms with Crippen LogP contribution in [0.5, 0.6) is 0 Å². The Labute approximate surface area is 178 Å². The molecule has 0 saturated heterocycles. The fraction of sp³-hybridized carbons (Fsp3) is 0.524. The fourth-order valence-corrected chi connectivity index (χ4v) is 4.94. The third-order valence-electron chi connectivity index (χ3n) is 6.24. The summed E-state index contributed by atoms with van der Waals surface area (Å²) < 4.78 is 11.2. The molecule has 1 amide bonds. The molecule has 160 valence electrons. The molecule has 1 aromatic rings. The monoisotopic (exact) mass is 434 g/mol. The molecule has 4 rings (SSSR count). The molecule has 2 heterocycles. The van der Waals surface area contributed by atoms with E-state index >= 15 is 0 Å². The van der Waals surface area contributed by atoms with Crippen LogP contribution in [0, 0.1) is 22.0 Å². The van der Waals surface area contributed by atoms with Crippen molar-refractivity contribution < 1.29 is 24.0 Å². The van der Waals surface area contributed by atoms with Crippen molar-refractivity contribution in [3.8, 4) is 0 Å². The number of carbonyl (C=O) groups excluding carboxylic acids is 2. The minimum absolute atomic E-state index is 0.0640. The second-order valence-electron chi connectivity index (χ2n) is 8.08. The molecule has 5 unspecified atom stereocenters. The van der Waals surface area contributed by atoms with Gasteiger partial charge in [0.05, 0.1) is 29.1 Å². The summed E-state index contributed by atoms with van der Waals surface area (Å²) in [5, 5.41) is 11.1. The topological polar surface area (TPSA) is 99.0 Å². The first-order valence-corrected chi connectivity index (χ1v) is 10.4. The number of nitro groups is 1. The van der Waals surface area contributed by atoms with Gasteiger partial charge in [0, 0.05) is 31.2 Å². The van der Waals surface area contributed by atoms with Gasteiger partial charge in [-0.3, -0.25) is 19.7 Å². The van der Waals surface area contributed by atoms with E-state index in [1.165, 1.54) is 24.1 Å². The van der Waals surface area contributed by atoms with Gasteiger partial charge in [0.2, 0.25) is 0 Å². The molecule has 0 spiro atoms. The number of halogens is 1. The molecule has 5 atom stereocenters. The molecule has 0 bridgehead atoms. The number of benzene rings is 1. The Kier molecular flexibility index (Phi) is 5.55. The van der Waals surface area contributed by atoms with Crippen molar-refractivity contribution in [2.45, 2.75) is 37.3 Å². The fourth-order valence-electron chi connectivity index (χ4n) is 4.64. The third kappa shape index (κ3) is 3.37. The first kappa shape index (κ1) is 20.8. The molecule has 8 nitrogen and oxygen atoms in total. The van der Waals surface area contributed by atoms with Crippen LogP contribution in [0.25, 0.3) is 0 Å². The summed E-state index contributed by atoms with van der Waals surface area (Å²) in [5.74, 6) is -0.709. The SMILES string of the molecule is COCCN1C(=O)C2=C(C(=O)C3CC(Cl)C(C)CC3O2)C1c1cccc([N+](=O)[O-])c1. The number of ether oxygens (including phenoxy) is 2. The molecule has 1 aromatic carbocycles. The second kappa shape index (κ2) is 8.00. The number of rotatable bonds is 5. The van der Waals surface area contributed by atoms with Crippen molar-refractivity contribution in [3.05, 3.63) is 51.3 Å². The molecule has 1 saturated carbocycles. The van der Waals surface area contributed by atoms with Crippen LogP contribution in [0.4, 0.5) is 5.69 Å². The molecule has 3 aliphatic rings. The maximum Gasteiger partial charge on any atom is 0.290 e. The van der Waals surface area contributed by atoms with Crippen LogP contribution >= 0.6 is 11.6 Å². The van der Waals surface area contributed by atoms with E-state index in [2.05, 4.69) is 0 Å². The van der Waals surface area contributed by atoms with Gasteiger partial charge in [-0.1, -0.05) is 19.1 Å². The number of ketones is 1. The van der Waals surface area contributed by atoms with Gasteiger partial charge >= 0.3 is 0 Å². The molecule has 2 aliphatic heterocycles. The van der Waals surface area contributed by atoms with Crippen LogP contribution in [0.1, 0.15) is 31.4 Å². The first-order valence-electron chi connectivity index (χ1n) is 9.96. The Morgan fingerprint density at radius 3 is 2.80 bits per heavy atom. The second-order valence-corrected chi connectivity index (χ2v) is 8.64. The molecule has 30 heavy (non-hydrogen) atoms. The number of hydrogen-bond acceptors (Lipinski definition) is 6. The Morgan fingerprint density at radius 1 is 1.33 bits per heavy atom.